The molecule has 0 aliphatic carbocycles. The second kappa shape index (κ2) is 4.99. The lowest BCUT2D eigenvalue weighted by molar-refractivity contribution is -0.142. The fourth-order valence-corrected chi connectivity index (χ4v) is 1.89. The summed E-state index contributed by atoms with van der Waals surface area (Å²) < 4.78 is 37.5. The number of benzene rings is 1. The van der Waals surface area contributed by atoms with E-state index in [0.717, 1.165) is 4.68 Å². The highest BCUT2D eigenvalue weighted by Gasteiger charge is 2.28. The topological polar surface area (TPSA) is 55.1 Å². The quantitative estimate of drug-likeness (QED) is 0.942. The fourth-order valence-electron chi connectivity index (χ4n) is 1.89. The van der Waals surface area contributed by atoms with Gasteiger partial charge in [0.2, 0.25) is 0 Å². The van der Waals surface area contributed by atoms with Gasteiger partial charge in [-0.15, -0.1) is 0 Å². The van der Waals surface area contributed by atoms with E-state index in [0.29, 0.717) is 16.7 Å². The van der Waals surface area contributed by atoms with Crippen LogP contribution in [0, 0.1) is 6.92 Å². The minimum atomic E-state index is -4.33. The third kappa shape index (κ3) is 3.17. The van der Waals surface area contributed by atoms with Gasteiger partial charge in [0, 0.05) is 11.8 Å². The van der Waals surface area contributed by atoms with Crippen molar-refractivity contribution in [3.05, 3.63) is 41.7 Å². The molecular formula is C13H11F3N2O2. The average molecular weight is 284 g/mol. The van der Waals surface area contributed by atoms with Crippen molar-refractivity contribution in [2.45, 2.75) is 19.6 Å². The molecule has 0 unspecified atom stereocenters. The molecule has 0 atom stereocenters. The van der Waals surface area contributed by atoms with Crippen LogP contribution in [0.5, 0.6) is 0 Å². The van der Waals surface area contributed by atoms with Crippen molar-refractivity contribution in [3.63, 3.8) is 0 Å². The smallest absolute Gasteiger partial charge is 0.408 e. The number of aromatic carboxylic acids is 1. The van der Waals surface area contributed by atoms with E-state index in [9.17, 15) is 18.0 Å². The van der Waals surface area contributed by atoms with Gasteiger partial charge < -0.3 is 5.11 Å². The molecule has 1 aromatic heterocycles. The number of rotatable bonds is 3. The van der Waals surface area contributed by atoms with Gasteiger partial charge in [0.1, 0.15) is 6.54 Å². The van der Waals surface area contributed by atoms with E-state index in [1.165, 1.54) is 24.5 Å². The summed E-state index contributed by atoms with van der Waals surface area (Å²) in [4.78, 5) is 10.8. The normalized spacial score (nSPS) is 11.6. The Labute approximate surface area is 112 Å². The van der Waals surface area contributed by atoms with Gasteiger partial charge in [-0.25, -0.2) is 4.79 Å². The van der Waals surface area contributed by atoms with Crippen LogP contribution < -0.4 is 0 Å². The highest BCUT2D eigenvalue weighted by Crippen LogP contribution is 2.25. The molecule has 20 heavy (non-hydrogen) atoms. The Hall–Kier alpha value is -2.31. The molecule has 0 aliphatic heterocycles. The molecule has 0 saturated carbocycles. The summed E-state index contributed by atoms with van der Waals surface area (Å²) in [5.41, 5.74) is 1.97. The van der Waals surface area contributed by atoms with Crippen LogP contribution in [-0.2, 0) is 6.54 Å². The Bertz CT molecular complexity index is 647. The summed E-state index contributed by atoms with van der Waals surface area (Å²) in [6, 6.07) is 4.44. The van der Waals surface area contributed by atoms with E-state index in [1.54, 1.807) is 13.0 Å². The van der Waals surface area contributed by atoms with E-state index in [-0.39, 0.29) is 5.56 Å². The van der Waals surface area contributed by atoms with Crippen molar-refractivity contribution in [1.82, 2.24) is 9.78 Å². The Morgan fingerprint density at radius 1 is 1.40 bits per heavy atom. The molecule has 106 valence electrons. The monoisotopic (exact) mass is 284 g/mol. The number of aromatic nitrogens is 2. The fraction of sp³-hybridized carbons (Fsp3) is 0.231. The van der Waals surface area contributed by atoms with Crippen molar-refractivity contribution in [2.75, 3.05) is 0 Å². The Balaban J connectivity index is 2.31. The number of carboxylic acid groups (broad SMARTS) is 1. The Morgan fingerprint density at radius 2 is 2.10 bits per heavy atom. The van der Waals surface area contributed by atoms with E-state index in [2.05, 4.69) is 5.10 Å². The number of hydrogen-bond donors (Lipinski definition) is 1. The van der Waals surface area contributed by atoms with Crippen LogP contribution in [-0.4, -0.2) is 27.0 Å². The van der Waals surface area contributed by atoms with Crippen molar-refractivity contribution in [2.24, 2.45) is 0 Å². The van der Waals surface area contributed by atoms with Gasteiger partial charge in [-0.1, -0.05) is 6.07 Å². The Kier molecular flexibility index (Phi) is 3.52. The number of nitrogens with zero attached hydrogens (tertiary/aromatic N) is 2. The molecule has 2 rings (SSSR count). The molecule has 0 amide bonds. The minimum absolute atomic E-state index is 0.133. The first-order valence-electron chi connectivity index (χ1n) is 5.70. The van der Waals surface area contributed by atoms with Crippen LogP contribution in [0.1, 0.15) is 15.9 Å². The van der Waals surface area contributed by atoms with E-state index in [4.69, 9.17) is 5.11 Å². The number of halogens is 3. The first-order valence-corrected chi connectivity index (χ1v) is 5.70. The second-order valence-electron chi connectivity index (χ2n) is 4.38. The van der Waals surface area contributed by atoms with Crippen LogP contribution in [0.3, 0.4) is 0 Å². The molecule has 1 aromatic carbocycles. The van der Waals surface area contributed by atoms with Gasteiger partial charge in [-0.2, -0.15) is 18.3 Å². The molecule has 0 radical (unpaired) electrons. The van der Waals surface area contributed by atoms with Gasteiger partial charge in [-0.3, -0.25) is 4.68 Å². The van der Waals surface area contributed by atoms with Gasteiger partial charge in [0.15, 0.2) is 0 Å². The van der Waals surface area contributed by atoms with Crippen LogP contribution in [0.25, 0.3) is 11.1 Å². The predicted octanol–water partition coefficient (Wildman–Crippen LogP) is 3.12. The summed E-state index contributed by atoms with van der Waals surface area (Å²) in [6.07, 6.45) is -1.71. The van der Waals surface area contributed by atoms with Gasteiger partial charge >= 0.3 is 12.1 Å². The summed E-state index contributed by atoms with van der Waals surface area (Å²) in [5, 5.41) is 12.5. The number of alkyl halides is 3. The zero-order valence-electron chi connectivity index (χ0n) is 10.5. The number of aryl methyl sites for hydroxylation is 1. The molecule has 1 N–H and O–H groups in total. The molecule has 1 heterocycles. The molecular weight excluding hydrogens is 273 g/mol. The lowest BCUT2D eigenvalue weighted by Gasteiger charge is -2.06. The molecule has 0 spiro atoms. The molecule has 0 aliphatic rings. The van der Waals surface area contributed by atoms with E-state index >= 15 is 0 Å². The zero-order valence-corrected chi connectivity index (χ0v) is 10.5. The average Bonchev–Trinajstić information content (AvgIpc) is 2.74. The van der Waals surface area contributed by atoms with Crippen LogP contribution in [0.2, 0.25) is 0 Å². The van der Waals surface area contributed by atoms with Gasteiger partial charge in [-0.05, 0) is 30.2 Å². The van der Waals surface area contributed by atoms with E-state index in [1.807, 2.05) is 0 Å². The highest BCUT2D eigenvalue weighted by molar-refractivity contribution is 5.89. The van der Waals surface area contributed by atoms with Crippen LogP contribution >= 0.6 is 0 Å². The van der Waals surface area contributed by atoms with Crippen LogP contribution in [0.15, 0.2) is 30.6 Å². The lowest BCUT2D eigenvalue weighted by Crippen LogP contribution is -2.17. The van der Waals surface area contributed by atoms with Crippen molar-refractivity contribution < 1.29 is 23.1 Å². The van der Waals surface area contributed by atoms with Crippen LogP contribution in [0.4, 0.5) is 13.2 Å². The molecule has 2 aromatic rings. The standard InChI is InChI=1S/C13H11F3N2O2/c1-8-4-9(12(19)20)2-3-11(8)10-5-17-18(6-10)7-13(14,15)16/h2-6H,7H2,1H3,(H,19,20). The molecule has 7 heteroatoms. The molecule has 0 saturated heterocycles. The lowest BCUT2D eigenvalue weighted by atomic mass is 10.0. The van der Waals surface area contributed by atoms with Crippen molar-refractivity contribution >= 4 is 5.97 Å². The number of hydrogen-bond acceptors (Lipinski definition) is 2. The number of carboxylic acids is 1. The zero-order chi connectivity index (χ0) is 14.9. The SMILES string of the molecule is Cc1cc(C(=O)O)ccc1-c1cnn(CC(F)(F)F)c1. The van der Waals surface area contributed by atoms with Crippen molar-refractivity contribution in [1.29, 1.82) is 0 Å². The van der Waals surface area contributed by atoms with Gasteiger partial charge in [0.05, 0.1) is 11.8 Å². The first kappa shape index (κ1) is 14.1. The minimum Gasteiger partial charge on any atom is -0.478 e. The predicted molar refractivity (Wildman–Crippen MR) is 65.4 cm³/mol. The Morgan fingerprint density at radius 3 is 2.65 bits per heavy atom. The maximum Gasteiger partial charge on any atom is 0.408 e. The van der Waals surface area contributed by atoms with E-state index < -0.39 is 18.7 Å². The molecule has 4 nitrogen and oxygen atoms in total. The summed E-state index contributed by atoms with van der Waals surface area (Å²) >= 11 is 0. The maximum absolute atomic E-state index is 12.2. The molecule has 0 fully saturated rings. The molecule has 0 bridgehead atoms. The third-order valence-electron chi connectivity index (χ3n) is 2.76. The first-order chi connectivity index (χ1) is 9.26. The second-order valence-corrected chi connectivity index (χ2v) is 4.38. The highest BCUT2D eigenvalue weighted by atomic mass is 19.4. The summed E-state index contributed by atoms with van der Waals surface area (Å²) in [5.74, 6) is -1.05. The summed E-state index contributed by atoms with van der Waals surface area (Å²) in [6.45, 7) is 0.544. The number of carbonyl (C=O) groups is 1. The maximum atomic E-state index is 12.2. The van der Waals surface area contributed by atoms with Crippen molar-refractivity contribution in [3.8, 4) is 11.1 Å². The largest absolute Gasteiger partial charge is 0.478 e. The third-order valence-corrected chi connectivity index (χ3v) is 2.76. The van der Waals surface area contributed by atoms with Gasteiger partial charge in [0.25, 0.3) is 0 Å². The summed E-state index contributed by atoms with van der Waals surface area (Å²) in [7, 11) is 0.